The fourth-order valence-corrected chi connectivity index (χ4v) is 8.04. The summed E-state index contributed by atoms with van der Waals surface area (Å²) in [5.41, 5.74) is 5.57. The maximum atomic E-state index is 14.3. The zero-order chi connectivity index (χ0) is 27.1. The van der Waals surface area contributed by atoms with Crippen molar-refractivity contribution < 1.29 is 14.4 Å². The second-order valence-electron chi connectivity index (χ2n) is 11.1. The van der Waals surface area contributed by atoms with Gasteiger partial charge in [0.1, 0.15) is 15.8 Å². The van der Waals surface area contributed by atoms with E-state index in [1.807, 2.05) is 94.4 Å². The number of halogens is 2. The quantitative estimate of drug-likeness (QED) is 0.329. The summed E-state index contributed by atoms with van der Waals surface area (Å²) in [5.74, 6) is -3.55. The molecule has 5 nitrogen and oxygen atoms in total. The van der Waals surface area contributed by atoms with E-state index in [0.717, 1.165) is 38.3 Å². The summed E-state index contributed by atoms with van der Waals surface area (Å²) in [6.45, 7) is 7.57. The van der Waals surface area contributed by atoms with Crippen LogP contribution in [0, 0.1) is 31.6 Å². The summed E-state index contributed by atoms with van der Waals surface area (Å²) < 4.78 is 0. The average Bonchev–Trinajstić information content (AvgIpc) is 3.13. The molecule has 0 saturated carbocycles. The number of anilines is 1. The monoisotopic (exact) mass is 546 g/mol. The Morgan fingerprint density at radius 2 is 1.18 bits per heavy atom. The number of benzene rings is 3. The van der Waals surface area contributed by atoms with Crippen LogP contribution < -0.4 is 5.32 Å². The lowest BCUT2D eigenvalue weighted by molar-refractivity contribution is -0.148. The Balaban J connectivity index is 1.48. The predicted octanol–water partition coefficient (Wildman–Crippen LogP) is 5.86. The zero-order valence-electron chi connectivity index (χ0n) is 21.6. The molecule has 1 N–H and O–H groups in total. The number of amides is 3. The Morgan fingerprint density at radius 1 is 0.789 bits per heavy atom. The van der Waals surface area contributed by atoms with Crippen LogP contribution in [0.4, 0.5) is 5.69 Å². The van der Waals surface area contributed by atoms with Crippen LogP contribution in [-0.2, 0) is 24.1 Å². The van der Waals surface area contributed by atoms with Crippen molar-refractivity contribution in [1.82, 2.24) is 4.90 Å². The van der Waals surface area contributed by atoms with Crippen LogP contribution in [0.25, 0.3) is 0 Å². The van der Waals surface area contributed by atoms with E-state index < -0.39 is 45.3 Å². The van der Waals surface area contributed by atoms with E-state index in [1.54, 1.807) is 0 Å². The van der Waals surface area contributed by atoms with Crippen LogP contribution in [0.15, 0.2) is 66.7 Å². The molecule has 1 fully saturated rings. The van der Waals surface area contributed by atoms with Gasteiger partial charge in [-0.2, -0.15) is 0 Å². The minimum absolute atomic E-state index is 0.339. The van der Waals surface area contributed by atoms with Gasteiger partial charge in [0.05, 0.1) is 11.8 Å². The van der Waals surface area contributed by atoms with E-state index in [9.17, 15) is 14.4 Å². The molecular weight excluding hydrogens is 519 g/mol. The highest BCUT2D eigenvalue weighted by Crippen LogP contribution is 2.69. The van der Waals surface area contributed by atoms with Crippen LogP contribution >= 0.6 is 23.2 Å². The van der Waals surface area contributed by atoms with E-state index in [4.69, 9.17) is 23.2 Å². The Hall–Kier alpha value is -3.15. The summed E-state index contributed by atoms with van der Waals surface area (Å²) in [6, 6.07) is 19.8. The van der Waals surface area contributed by atoms with Gasteiger partial charge in [0.2, 0.25) is 17.7 Å². The van der Waals surface area contributed by atoms with Crippen molar-refractivity contribution in [3.05, 3.63) is 100 Å². The fourth-order valence-electron chi connectivity index (χ4n) is 6.94. The minimum atomic E-state index is -1.28. The van der Waals surface area contributed by atoms with Crippen LogP contribution in [-0.4, -0.2) is 28.7 Å². The van der Waals surface area contributed by atoms with Gasteiger partial charge in [-0.05, 0) is 65.3 Å². The number of nitrogens with zero attached hydrogens (tertiary/aromatic N) is 1. The SMILES string of the molecule is Cc1cc(C)cc(NC(=O)[C@H](C(C)C)N2C(=O)[C@@H]3[C@@H](C2=O)C2(Cl)c4ccccc4C3(Cl)c3ccccc32)c1. The molecular formula is C31H28Cl2N2O3. The molecule has 1 aliphatic heterocycles. The summed E-state index contributed by atoms with van der Waals surface area (Å²) in [7, 11) is 0. The van der Waals surface area contributed by atoms with E-state index in [2.05, 4.69) is 5.32 Å². The van der Waals surface area contributed by atoms with Crippen LogP contribution in [0.2, 0.25) is 0 Å². The Bertz CT molecular complexity index is 1390. The van der Waals surface area contributed by atoms with Gasteiger partial charge < -0.3 is 5.32 Å². The third kappa shape index (κ3) is 3.15. The molecule has 0 spiro atoms. The number of nitrogens with one attached hydrogen (secondary N) is 1. The number of hydrogen-bond donors (Lipinski definition) is 1. The first kappa shape index (κ1) is 25.1. The zero-order valence-corrected chi connectivity index (χ0v) is 23.1. The first-order valence-electron chi connectivity index (χ1n) is 12.8. The average molecular weight is 547 g/mol. The highest BCUT2D eigenvalue weighted by Gasteiger charge is 2.73. The first-order valence-corrected chi connectivity index (χ1v) is 13.6. The number of imide groups is 1. The smallest absolute Gasteiger partial charge is 0.247 e. The lowest BCUT2D eigenvalue weighted by Crippen LogP contribution is -2.57. The largest absolute Gasteiger partial charge is 0.324 e. The van der Waals surface area contributed by atoms with Crippen LogP contribution in [0.1, 0.15) is 47.2 Å². The molecule has 0 radical (unpaired) electrons. The topological polar surface area (TPSA) is 66.5 Å². The molecule has 1 heterocycles. The van der Waals surface area contributed by atoms with E-state index in [-0.39, 0.29) is 5.92 Å². The third-order valence-electron chi connectivity index (χ3n) is 8.29. The molecule has 7 rings (SSSR count). The van der Waals surface area contributed by atoms with Gasteiger partial charge in [0.25, 0.3) is 0 Å². The second-order valence-corrected chi connectivity index (χ2v) is 12.3. The highest BCUT2D eigenvalue weighted by molar-refractivity contribution is 6.36. The molecule has 7 heteroatoms. The van der Waals surface area contributed by atoms with E-state index in [1.165, 1.54) is 0 Å². The Labute approximate surface area is 232 Å². The second kappa shape index (κ2) is 8.42. The molecule has 38 heavy (non-hydrogen) atoms. The van der Waals surface area contributed by atoms with Crippen LogP contribution in [0.3, 0.4) is 0 Å². The normalized spacial score (nSPS) is 27.7. The molecule has 0 unspecified atom stereocenters. The molecule has 0 aromatic heterocycles. The van der Waals surface area contributed by atoms with Crippen molar-refractivity contribution in [1.29, 1.82) is 0 Å². The lowest BCUT2D eigenvalue weighted by atomic mass is 9.54. The van der Waals surface area contributed by atoms with Gasteiger partial charge in [-0.25, -0.2) is 0 Å². The van der Waals surface area contributed by atoms with Crippen molar-refractivity contribution in [2.24, 2.45) is 17.8 Å². The van der Waals surface area contributed by atoms with Gasteiger partial charge in [-0.1, -0.05) is 68.4 Å². The maximum Gasteiger partial charge on any atom is 0.247 e. The van der Waals surface area contributed by atoms with Crippen molar-refractivity contribution >= 4 is 46.6 Å². The maximum absolute atomic E-state index is 14.3. The van der Waals surface area contributed by atoms with E-state index >= 15 is 0 Å². The molecule has 3 aromatic rings. The number of carbonyl (C=O) groups excluding carboxylic acids is 3. The van der Waals surface area contributed by atoms with Gasteiger partial charge in [0, 0.05) is 5.69 Å². The van der Waals surface area contributed by atoms with Gasteiger partial charge in [-0.15, -0.1) is 23.2 Å². The summed E-state index contributed by atoms with van der Waals surface area (Å²) in [4.78, 5) is 40.9. The van der Waals surface area contributed by atoms with Crippen molar-refractivity contribution in [3.63, 3.8) is 0 Å². The standard InChI is InChI=1S/C31H28Cl2N2O3/c1-16(2)26(27(36)34-19-14-17(3)13-18(4)15-19)35-28(37)24-25(29(35)38)31(33)21-10-6-5-9-20(21)30(24,32)22-11-7-8-12-23(22)31/h5-16,24-26H,1-4H3,(H,34,36)/t24-,25-,26-,30?,31?/m0/s1. The fraction of sp³-hybridized carbons (Fsp3) is 0.323. The first-order chi connectivity index (χ1) is 18.0. The number of alkyl halides is 2. The number of rotatable bonds is 4. The molecule has 3 atom stereocenters. The van der Waals surface area contributed by atoms with E-state index in [0.29, 0.717) is 5.69 Å². The summed E-state index contributed by atoms with van der Waals surface area (Å²) in [6.07, 6.45) is 0. The number of hydrogen-bond acceptors (Lipinski definition) is 3. The molecule has 2 bridgehead atoms. The lowest BCUT2D eigenvalue weighted by Gasteiger charge is -2.54. The highest BCUT2D eigenvalue weighted by atomic mass is 35.5. The summed E-state index contributed by atoms with van der Waals surface area (Å²) in [5, 5.41) is 2.94. The molecule has 3 aromatic carbocycles. The minimum Gasteiger partial charge on any atom is -0.324 e. The van der Waals surface area contributed by atoms with Crippen molar-refractivity contribution in [2.45, 2.75) is 43.5 Å². The predicted molar refractivity (Wildman–Crippen MR) is 148 cm³/mol. The van der Waals surface area contributed by atoms with Gasteiger partial charge >= 0.3 is 0 Å². The molecule has 3 amide bonds. The third-order valence-corrected chi connectivity index (χ3v) is 9.57. The number of carbonyl (C=O) groups is 3. The molecule has 3 aliphatic carbocycles. The number of aryl methyl sites for hydroxylation is 2. The van der Waals surface area contributed by atoms with Gasteiger partial charge in [-0.3, -0.25) is 19.3 Å². The van der Waals surface area contributed by atoms with Gasteiger partial charge in [0.15, 0.2) is 0 Å². The van der Waals surface area contributed by atoms with Crippen molar-refractivity contribution in [2.75, 3.05) is 5.32 Å². The molecule has 194 valence electrons. The molecule has 4 aliphatic rings. The Kier molecular flexibility index (Phi) is 5.57. The number of likely N-dealkylation sites (tertiary alicyclic amines) is 1. The van der Waals surface area contributed by atoms with Crippen LogP contribution in [0.5, 0.6) is 0 Å². The molecule has 1 saturated heterocycles. The summed E-state index contributed by atoms with van der Waals surface area (Å²) >= 11 is 15.0. The van der Waals surface area contributed by atoms with Crippen molar-refractivity contribution in [3.8, 4) is 0 Å². The Morgan fingerprint density at radius 3 is 1.55 bits per heavy atom.